The number of pyridine rings is 1. The smallest absolute Gasteiger partial charge is 0.225 e. The van der Waals surface area contributed by atoms with Gasteiger partial charge in [0.1, 0.15) is 0 Å². The van der Waals surface area contributed by atoms with E-state index in [0.29, 0.717) is 5.41 Å². The fourth-order valence-electron chi connectivity index (χ4n) is 4.25. The average molecular weight is 337 g/mol. The summed E-state index contributed by atoms with van der Waals surface area (Å²) in [6, 6.07) is 4.18. The Kier molecular flexibility index (Phi) is 4.42. The van der Waals surface area contributed by atoms with Gasteiger partial charge in [0.2, 0.25) is 5.95 Å². The fraction of sp³-hybridized carbons (Fsp3) is 0.550. The maximum Gasteiger partial charge on any atom is 0.225 e. The molecule has 5 nitrogen and oxygen atoms in total. The molecule has 1 spiro atoms. The van der Waals surface area contributed by atoms with Crippen molar-refractivity contribution in [2.45, 2.75) is 32.7 Å². The predicted octanol–water partition coefficient (Wildman–Crippen LogP) is 2.92. The summed E-state index contributed by atoms with van der Waals surface area (Å²) in [5.41, 5.74) is 2.99. The second-order valence-electron chi connectivity index (χ2n) is 7.87. The van der Waals surface area contributed by atoms with E-state index in [0.717, 1.165) is 37.1 Å². The van der Waals surface area contributed by atoms with E-state index in [2.05, 4.69) is 37.9 Å². The van der Waals surface area contributed by atoms with Gasteiger partial charge in [-0.15, -0.1) is 0 Å². The quantitative estimate of drug-likeness (QED) is 0.839. The van der Waals surface area contributed by atoms with Crippen LogP contribution in [0.1, 0.15) is 30.4 Å². The molecule has 25 heavy (non-hydrogen) atoms. The summed E-state index contributed by atoms with van der Waals surface area (Å²) in [7, 11) is 2.23. The van der Waals surface area contributed by atoms with Crippen LogP contribution in [-0.2, 0) is 6.54 Å². The lowest BCUT2D eigenvalue weighted by atomic mass is 9.91. The summed E-state index contributed by atoms with van der Waals surface area (Å²) in [5.74, 6) is 1.74. The second-order valence-corrected chi connectivity index (χ2v) is 7.87. The van der Waals surface area contributed by atoms with Gasteiger partial charge in [-0.3, -0.25) is 4.98 Å². The van der Waals surface area contributed by atoms with E-state index in [1.54, 1.807) is 0 Å². The molecule has 1 aliphatic carbocycles. The number of anilines is 1. The van der Waals surface area contributed by atoms with Crippen LogP contribution in [0.15, 0.2) is 36.9 Å². The molecule has 5 heteroatoms. The number of aryl methyl sites for hydroxylation is 1. The van der Waals surface area contributed by atoms with Crippen LogP contribution < -0.4 is 4.90 Å². The average Bonchev–Trinajstić information content (AvgIpc) is 3.28. The lowest BCUT2D eigenvalue weighted by molar-refractivity contribution is 0.264. The van der Waals surface area contributed by atoms with Gasteiger partial charge in [0.25, 0.3) is 0 Å². The van der Waals surface area contributed by atoms with Crippen LogP contribution in [0.2, 0.25) is 0 Å². The molecule has 1 atom stereocenters. The molecule has 0 radical (unpaired) electrons. The highest BCUT2D eigenvalue weighted by atomic mass is 15.3. The first kappa shape index (κ1) is 16.5. The molecule has 1 aliphatic heterocycles. The van der Waals surface area contributed by atoms with Crippen molar-refractivity contribution in [1.29, 1.82) is 0 Å². The summed E-state index contributed by atoms with van der Waals surface area (Å²) >= 11 is 0. The second kappa shape index (κ2) is 6.71. The van der Waals surface area contributed by atoms with Crippen molar-refractivity contribution in [2.24, 2.45) is 11.3 Å². The Labute approximate surface area is 150 Å². The Balaban J connectivity index is 1.27. The number of piperidine rings is 1. The van der Waals surface area contributed by atoms with Crippen LogP contribution in [-0.4, -0.2) is 46.5 Å². The summed E-state index contributed by atoms with van der Waals surface area (Å²) in [4.78, 5) is 18.0. The monoisotopic (exact) mass is 337 g/mol. The van der Waals surface area contributed by atoms with Gasteiger partial charge in [0, 0.05) is 51.0 Å². The highest BCUT2D eigenvalue weighted by Crippen LogP contribution is 2.59. The minimum absolute atomic E-state index is 0.574. The molecule has 3 heterocycles. The zero-order chi connectivity index (χ0) is 17.3. The summed E-state index contributed by atoms with van der Waals surface area (Å²) in [6.07, 6.45) is 11.6. The van der Waals surface area contributed by atoms with Crippen molar-refractivity contribution in [3.8, 4) is 0 Å². The Morgan fingerprint density at radius 1 is 1.20 bits per heavy atom. The Morgan fingerprint density at radius 3 is 2.64 bits per heavy atom. The molecule has 2 aromatic rings. The first-order valence-electron chi connectivity index (χ1n) is 9.26. The maximum absolute atomic E-state index is 4.49. The molecule has 1 saturated heterocycles. The van der Waals surface area contributed by atoms with Gasteiger partial charge in [0.15, 0.2) is 0 Å². The topological polar surface area (TPSA) is 45.2 Å². The van der Waals surface area contributed by atoms with Crippen LogP contribution in [0.4, 0.5) is 5.95 Å². The predicted molar refractivity (Wildman–Crippen MR) is 99.3 cm³/mol. The molecule has 2 aliphatic rings. The largest absolute Gasteiger partial charge is 0.341 e. The number of hydrogen-bond donors (Lipinski definition) is 0. The van der Waals surface area contributed by atoms with Crippen LogP contribution in [0, 0.1) is 18.3 Å². The normalized spacial score (nSPS) is 21.7. The van der Waals surface area contributed by atoms with Gasteiger partial charge in [-0.05, 0) is 61.8 Å². The van der Waals surface area contributed by atoms with Crippen LogP contribution in [0.3, 0.4) is 0 Å². The van der Waals surface area contributed by atoms with E-state index in [9.17, 15) is 0 Å². The molecule has 0 aromatic carbocycles. The number of nitrogens with zero attached hydrogens (tertiary/aromatic N) is 5. The fourth-order valence-corrected chi connectivity index (χ4v) is 4.25. The Morgan fingerprint density at radius 2 is 1.96 bits per heavy atom. The lowest BCUT2D eigenvalue weighted by Crippen LogP contribution is -2.37. The van der Waals surface area contributed by atoms with Crippen molar-refractivity contribution < 1.29 is 0 Å². The molecule has 0 bridgehead atoms. The molecule has 2 fully saturated rings. The van der Waals surface area contributed by atoms with E-state index < -0.39 is 0 Å². The van der Waals surface area contributed by atoms with Gasteiger partial charge >= 0.3 is 0 Å². The number of rotatable bonds is 5. The van der Waals surface area contributed by atoms with Crippen LogP contribution in [0.5, 0.6) is 0 Å². The van der Waals surface area contributed by atoms with Gasteiger partial charge in [0.05, 0.1) is 0 Å². The van der Waals surface area contributed by atoms with Crippen LogP contribution in [0.25, 0.3) is 0 Å². The highest BCUT2D eigenvalue weighted by molar-refractivity contribution is 5.31. The van der Waals surface area contributed by atoms with E-state index in [1.807, 2.05) is 37.8 Å². The van der Waals surface area contributed by atoms with E-state index in [-0.39, 0.29) is 0 Å². The minimum atomic E-state index is 0.574. The molecule has 0 amide bonds. The van der Waals surface area contributed by atoms with E-state index in [4.69, 9.17) is 0 Å². The summed E-state index contributed by atoms with van der Waals surface area (Å²) in [6.45, 7) is 6.39. The minimum Gasteiger partial charge on any atom is -0.341 e. The highest BCUT2D eigenvalue weighted by Gasteiger charge is 2.54. The molecule has 0 N–H and O–H groups in total. The van der Waals surface area contributed by atoms with E-state index in [1.165, 1.54) is 31.4 Å². The first-order chi connectivity index (χ1) is 12.1. The third-order valence-corrected chi connectivity index (χ3v) is 5.88. The van der Waals surface area contributed by atoms with Crippen LogP contribution >= 0.6 is 0 Å². The zero-order valence-electron chi connectivity index (χ0n) is 15.2. The lowest BCUT2D eigenvalue weighted by Gasteiger charge is -2.33. The Bertz CT molecular complexity index is 692. The third-order valence-electron chi connectivity index (χ3n) is 5.88. The van der Waals surface area contributed by atoms with Crippen molar-refractivity contribution in [1.82, 2.24) is 19.9 Å². The summed E-state index contributed by atoms with van der Waals surface area (Å²) in [5, 5.41) is 0. The molecule has 4 rings (SSSR count). The van der Waals surface area contributed by atoms with Crippen molar-refractivity contribution in [3.63, 3.8) is 0 Å². The maximum atomic E-state index is 4.49. The van der Waals surface area contributed by atoms with Gasteiger partial charge in [-0.2, -0.15) is 0 Å². The molecular weight excluding hydrogens is 310 g/mol. The molecule has 1 saturated carbocycles. The SMILES string of the molecule is Cc1cnc(N2CCC3(CC2)C[C@H]3CN(C)Cc2cccnc2)nc1. The van der Waals surface area contributed by atoms with Gasteiger partial charge < -0.3 is 9.80 Å². The van der Waals surface area contributed by atoms with Gasteiger partial charge in [-0.25, -0.2) is 9.97 Å². The number of hydrogen-bond acceptors (Lipinski definition) is 5. The zero-order valence-corrected chi connectivity index (χ0v) is 15.2. The first-order valence-corrected chi connectivity index (χ1v) is 9.26. The standard InChI is InChI=1S/C20H27N5/c1-16-11-22-19(23-12-16)25-8-5-20(6-9-25)10-18(20)15-24(2)14-17-4-3-7-21-13-17/h3-4,7,11-13,18H,5-6,8-10,14-15H2,1-2H3/t18-/m0/s1. The molecular formula is C20H27N5. The molecule has 2 aromatic heterocycles. The van der Waals surface area contributed by atoms with Crippen molar-refractivity contribution in [3.05, 3.63) is 48.0 Å². The molecule has 132 valence electrons. The van der Waals surface area contributed by atoms with Gasteiger partial charge in [-0.1, -0.05) is 6.07 Å². The van der Waals surface area contributed by atoms with Crippen molar-refractivity contribution in [2.75, 3.05) is 31.6 Å². The molecule has 0 unspecified atom stereocenters. The van der Waals surface area contributed by atoms with Crippen molar-refractivity contribution >= 4 is 5.95 Å². The third kappa shape index (κ3) is 3.66. The van der Waals surface area contributed by atoms with E-state index >= 15 is 0 Å². The number of aromatic nitrogens is 3. The summed E-state index contributed by atoms with van der Waals surface area (Å²) < 4.78 is 0. The Hall–Kier alpha value is -2.01.